The molecule has 0 aromatic heterocycles. The summed E-state index contributed by atoms with van der Waals surface area (Å²) in [6.07, 6.45) is 3.34. The summed E-state index contributed by atoms with van der Waals surface area (Å²) in [6, 6.07) is 6.28. The van der Waals surface area contributed by atoms with Gasteiger partial charge in [0, 0.05) is 26.2 Å². The first-order valence-electron chi connectivity index (χ1n) is 9.84. The Kier molecular flexibility index (Phi) is 6.85. The molecule has 0 spiro atoms. The molecule has 2 fully saturated rings. The first-order valence-corrected chi connectivity index (χ1v) is 9.84. The van der Waals surface area contributed by atoms with Crippen LogP contribution in [0.2, 0.25) is 0 Å². The lowest BCUT2D eigenvalue weighted by molar-refractivity contribution is -0.149. The Labute approximate surface area is 161 Å². The van der Waals surface area contributed by atoms with Crippen LogP contribution in [0.3, 0.4) is 0 Å². The van der Waals surface area contributed by atoms with Crippen LogP contribution >= 0.6 is 0 Å². The Morgan fingerprint density at radius 3 is 2.78 bits per heavy atom. The van der Waals surface area contributed by atoms with Gasteiger partial charge in [0.25, 0.3) is 0 Å². The summed E-state index contributed by atoms with van der Waals surface area (Å²) in [5.74, 6) is -0.131. The molecule has 0 N–H and O–H groups in total. The van der Waals surface area contributed by atoms with Crippen molar-refractivity contribution in [2.45, 2.75) is 45.8 Å². The van der Waals surface area contributed by atoms with Crippen molar-refractivity contribution in [1.29, 1.82) is 0 Å². The predicted molar refractivity (Wildman–Crippen MR) is 102 cm³/mol. The molecular weight excluding hydrogens is 344 g/mol. The minimum atomic E-state index is -0.120. The number of nitrogens with zero attached hydrogens (tertiary/aromatic N) is 2. The van der Waals surface area contributed by atoms with Crippen molar-refractivity contribution in [3.8, 4) is 0 Å². The molecule has 2 heterocycles. The lowest BCUT2D eigenvalue weighted by atomic mass is 10.1. The lowest BCUT2D eigenvalue weighted by Crippen LogP contribution is -2.52. The molecule has 1 aromatic rings. The molecule has 1 atom stereocenters. The molecule has 2 amide bonds. The molecule has 0 saturated carbocycles. The second-order valence-electron chi connectivity index (χ2n) is 7.55. The van der Waals surface area contributed by atoms with Crippen LogP contribution in [-0.2, 0) is 25.6 Å². The smallest absolute Gasteiger partial charge is 0.249 e. The minimum Gasteiger partial charge on any atom is -0.376 e. The quantitative estimate of drug-likeness (QED) is 0.765. The number of carbonyl (C=O) groups is 2. The van der Waals surface area contributed by atoms with Crippen molar-refractivity contribution in [2.24, 2.45) is 0 Å². The number of rotatable bonds is 6. The Balaban J connectivity index is 1.42. The summed E-state index contributed by atoms with van der Waals surface area (Å²) < 4.78 is 11.1. The summed E-state index contributed by atoms with van der Waals surface area (Å²) in [5, 5.41) is 0. The third-order valence-electron chi connectivity index (χ3n) is 5.42. The average Bonchev–Trinajstić information content (AvgIpc) is 2.67. The zero-order chi connectivity index (χ0) is 19.2. The molecule has 1 aromatic carbocycles. The van der Waals surface area contributed by atoms with E-state index in [0.29, 0.717) is 26.2 Å². The molecule has 0 unspecified atom stereocenters. The fraction of sp³-hybridized carbons (Fsp3) is 0.619. The fourth-order valence-corrected chi connectivity index (χ4v) is 3.52. The third kappa shape index (κ3) is 5.53. The average molecular weight is 374 g/mol. The van der Waals surface area contributed by atoms with E-state index >= 15 is 0 Å². The normalized spacial score (nSPS) is 20.8. The molecule has 2 aliphatic heterocycles. The summed E-state index contributed by atoms with van der Waals surface area (Å²) in [7, 11) is 0. The van der Waals surface area contributed by atoms with E-state index in [2.05, 4.69) is 32.0 Å². The highest BCUT2D eigenvalue weighted by Gasteiger charge is 2.27. The largest absolute Gasteiger partial charge is 0.376 e. The fourth-order valence-electron chi connectivity index (χ4n) is 3.52. The van der Waals surface area contributed by atoms with Crippen LogP contribution in [0.5, 0.6) is 0 Å². The zero-order valence-corrected chi connectivity index (χ0v) is 16.4. The summed E-state index contributed by atoms with van der Waals surface area (Å²) in [4.78, 5) is 28.2. The molecule has 2 saturated heterocycles. The molecule has 27 heavy (non-hydrogen) atoms. The van der Waals surface area contributed by atoms with Gasteiger partial charge in [-0.3, -0.25) is 9.59 Å². The van der Waals surface area contributed by atoms with Crippen LogP contribution in [-0.4, -0.2) is 67.2 Å². The van der Waals surface area contributed by atoms with E-state index in [-0.39, 0.29) is 31.1 Å². The van der Waals surface area contributed by atoms with Crippen molar-refractivity contribution < 1.29 is 19.1 Å². The Morgan fingerprint density at radius 1 is 1.22 bits per heavy atom. The van der Waals surface area contributed by atoms with Gasteiger partial charge in [-0.25, -0.2) is 0 Å². The maximum Gasteiger partial charge on any atom is 0.249 e. The van der Waals surface area contributed by atoms with Crippen molar-refractivity contribution in [3.63, 3.8) is 0 Å². The molecule has 148 valence electrons. The van der Waals surface area contributed by atoms with Gasteiger partial charge in [-0.1, -0.05) is 18.2 Å². The number of aryl methyl sites for hydroxylation is 2. The van der Waals surface area contributed by atoms with E-state index in [0.717, 1.165) is 31.4 Å². The van der Waals surface area contributed by atoms with Crippen LogP contribution in [0, 0.1) is 13.8 Å². The maximum atomic E-state index is 12.5. The molecule has 0 aliphatic carbocycles. The van der Waals surface area contributed by atoms with Crippen LogP contribution < -0.4 is 0 Å². The van der Waals surface area contributed by atoms with Gasteiger partial charge in [0.05, 0.1) is 19.3 Å². The second-order valence-corrected chi connectivity index (χ2v) is 7.55. The molecule has 6 heteroatoms. The second kappa shape index (κ2) is 9.33. The molecule has 3 rings (SSSR count). The summed E-state index contributed by atoms with van der Waals surface area (Å²) >= 11 is 0. The standard InChI is InChI=1S/C21H30N2O4/c1-16-6-7-18(11-17(16)2)12-22-8-9-23(13-20(22)24)21(25)15-26-14-19-5-3-4-10-27-19/h6-7,11,19H,3-5,8-10,12-15H2,1-2H3/t19-/m1/s1. The lowest BCUT2D eigenvalue weighted by Gasteiger charge is -2.34. The Hall–Kier alpha value is -1.92. The molecule has 6 nitrogen and oxygen atoms in total. The monoisotopic (exact) mass is 374 g/mol. The predicted octanol–water partition coefficient (Wildman–Crippen LogP) is 2.06. The van der Waals surface area contributed by atoms with Crippen molar-refractivity contribution in [1.82, 2.24) is 9.80 Å². The maximum absolute atomic E-state index is 12.5. The highest BCUT2D eigenvalue weighted by atomic mass is 16.5. The van der Waals surface area contributed by atoms with Crippen molar-refractivity contribution in [3.05, 3.63) is 34.9 Å². The third-order valence-corrected chi connectivity index (χ3v) is 5.42. The number of carbonyl (C=O) groups excluding carboxylic acids is 2. The van der Waals surface area contributed by atoms with Gasteiger partial charge in [0.2, 0.25) is 11.8 Å². The highest BCUT2D eigenvalue weighted by molar-refractivity contribution is 5.86. The zero-order valence-electron chi connectivity index (χ0n) is 16.4. The van der Waals surface area contributed by atoms with E-state index in [1.807, 2.05) is 4.90 Å². The number of piperazine rings is 1. The van der Waals surface area contributed by atoms with Crippen LogP contribution in [0.25, 0.3) is 0 Å². The Bertz CT molecular complexity index is 670. The van der Waals surface area contributed by atoms with Gasteiger partial charge in [-0.2, -0.15) is 0 Å². The number of amides is 2. The van der Waals surface area contributed by atoms with Gasteiger partial charge in [-0.15, -0.1) is 0 Å². The van der Waals surface area contributed by atoms with E-state index in [4.69, 9.17) is 9.47 Å². The van der Waals surface area contributed by atoms with Gasteiger partial charge in [0.15, 0.2) is 0 Å². The number of ether oxygens (including phenoxy) is 2. The molecule has 2 aliphatic rings. The first-order chi connectivity index (χ1) is 13.0. The van der Waals surface area contributed by atoms with Crippen LogP contribution in [0.4, 0.5) is 0 Å². The van der Waals surface area contributed by atoms with E-state index in [9.17, 15) is 9.59 Å². The Morgan fingerprint density at radius 2 is 2.07 bits per heavy atom. The molecule has 0 radical (unpaired) electrons. The summed E-state index contributed by atoms with van der Waals surface area (Å²) in [6.45, 7) is 7.24. The van der Waals surface area contributed by atoms with Crippen LogP contribution in [0.15, 0.2) is 18.2 Å². The molecular formula is C21H30N2O4. The van der Waals surface area contributed by atoms with Gasteiger partial charge >= 0.3 is 0 Å². The summed E-state index contributed by atoms with van der Waals surface area (Å²) in [5.41, 5.74) is 3.61. The van der Waals surface area contributed by atoms with E-state index in [1.54, 1.807) is 4.90 Å². The van der Waals surface area contributed by atoms with Gasteiger partial charge < -0.3 is 19.3 Å². The number of hydrogen-bond acceptors (Lipinski definition) is 4. The van der Waals surface area contributed by atoms with Gasteiger partial charge in [-0.05, 0) is 49.8 Å². The number of benzene rings is 1. The van der Waals surface area contributed by atoms with Crippen LogP contribution in [0.1, 0.15) is 36.0 Å². The van der Waals surface area contributed by atoms with E-state index in [1.165, 1.54) is 11.1 Å². The molecule has 0 bridgehead atoms. The van der Waals surface area contributed by atoms with E-state index < -0.39 is 0 Å². The number of hydrogen-bond donors (Lipinski definition) is 0. The first kappa shape index (κ1) is 19.8. The van der Waals surface area contributed by atoms with Crippen molar-refractivity contribution >= 4 is 11.8 Å². The topological polar surface area (TPSA) is 59.1 Å². The van der Waals surface area contributed by atoms with Gasteiger partial charge in [0.1, 0.15) is 6.61 Å². The van der Waals surface area contributed by atoms with Crippen molar-refractivity contribution in [2.75, 3.05) is 39.5 Å². The minimum absolute atomic E-state index is 0.0107. The highest BCUT2D eigenvalue weighted by Crippen LogP contribution is 2.15. The SMILES string of the molecule is Cc1ccc(CN2CCN(C(=O)COC[C@H]3CCCCO3)CC2=O)cc1C.